The fourth-order valence-electron chi connectivity index (χ4n) is 1.75. The molecule has 1 aromatic carbocycles. The Balaban J connectivity index is 2.22. The largest absolute Gasteiger partial charge is 0.586 e. The van der Waals surface area contributed by atoms with Gasteiger partial charge in [0.25, 0.3) is 0 Å². The summed E-state index contributed by atoms with van der Waals surface area (Å²) in [6.07, 6.45) is -1.31. The van der Waals surface area contributed by atoms with E-state index < -0.39 is 6.29 Å². The van der Waals surface area contributed by atoms with Gasteiger partial charge in [-0.25, -0.2) is 0 Å². The van der Waals surface area contributed by atoms with Crippen LogP contribution in [0, 0.1) is 0 Å². The molecule has 1 heterocycles. The van der Waals surface area contributed by atoms with Gasteiger partial charge in [0.2, 0.25) is 0 Å². The standard InChI is InChI=1S/C11H13F2NO2S/c12-11(13)15-9-6-8(17)5-7(10(9)16-11)3-1-2-4-14/h5-6,17H,1-4,14H2. The van der Waals surface area contributed by atoms with E-state index in [-0.39, 0.29) is 11.5 Å². The number of hydrogen-bond donors (Lipinski definition) is 2. The average molecular weight is 261 g/mol. The summed E-state index contributed by atoms with van der Waals surface area (Å²) in [5.74, 6) is 0.162. The molecule has 3 nitrogen and oxygen atoms in total. The Hall–Kier alpha value is -1.01. The second-order valence-corrected chi connectivity index (χ2v) is 4.36. The summed E-state index contributed by atoms with van der Waals surface area (Å²) in [4.78, 5) is 0.577. The molecule has 0 bridgehead atoms. The van der Waals surface area contributed by atoms with Crippen LogP contribution in [0.25, 0.3) is 0 Å². The van der Waals surface area contributed by atoms with Gasteiger partial charge < -0.3 is 15.2 Å². The first kappa shape index (κ1) is 12.4. The van der Waals surface area contributed by atoms with Gasteiger partial charge in [-0.2, -0.15) is 0 Å². The molecule has 0 aromatic heterocycles. The molecule has 0 unspecified atom stereocenters. The van der Waals surface area contributed by atoms with Crippen LogP contribution in [0.2, 0.25) is 0 Å². The van der Waals surface area contributed by atoms with Crippen LogP contribution in [0.15, 0.2) is 17.0 Å². The minimum atomic E-state index is -3.58. The lowest BCUT2D eigenvalue weighted by Gasteiger charge is -2.07. The molecule has 0 radical (unpaired) electrons. The fourth-order valence-corrected chi connectivity index (χ4v) is 2.02. The van der Waals surface area contributed by atoms with Crippen LogP contribution in [0.4, 0.5) is 8.78 Å². The van der Waals surface area contributed by atoms with Crippen molar-refractivity contribution >= 4 is 12.6 Å². The topological polar surface area (TPSA) is 44.5 Å². The third-order valence-electron chi connectivity index (χ3n) is 2.47. The highest BCUT2D eigenvalue weighted by molar-refractivity contribution is 7.80. The monoisotopic (exact) mass is 261 g/mol. The Morgan fingerprint density at radius 2 is 2.00 bits per heavy atom. The van der Waals surface area contributed by atoms with E-state index in [0.29, 0.717) is 23.4 Å². The first-order valence-corrected chi connectivity index (χ1v) is 5.78. The SMILES string of the molecule is NCCCCc1cc(S)cc2c1OC(F)(F)O2. The van der Waals surface area contributed by atoms with Crippen LogP contribution in [0.1, 0.15) is 18.4 Å². The van der Waals surface area contributed by atoms with Gasteiger partial charge >= 0.3 is 6.29 Å². The van der Waals surface area contributed by atoms with Crippen molar-refractivity contribution in [1.82, 2.24) is 0 Å². The van der Waals surface area contributed by atoms with Crippen molar-refractivity contribution in [3.8, 4) is 11.5 Å². The van der Waals surface area contributed by atoms with E-state index in [4.69, 9.17) is 5.73 Å². The summed E-state index contributed by atoms with van der Waals surface area (Å²) in [6.45, 7) is 0.580. The summed E-state index contributed by atoms with van der Waals surface area (Å²) >= 11 is 4.15. The zero-order chi connectivity index (χ0) is 12.5. The Labute approximate surface area is 103 Å². The van der Waals surface area contributed by atoms with E-state index in [1.807, 2.05) is 0 Å². The fraction of sp³-hybridized carbons (Fsp3) is 0.455. The Morgan fingerprint density at radius 1 is 1.24 bits per heavy atom. The molecule has 0 aliphatic carbocycles. The third-order valence-corrected chi connectivity index (χ3v) is 2.72. The van der Waals surface area contributed by atoms with Crippen molar-refractivity contribution in [2.24, 2.45) is 5.73 Å². The molecule has 2 N–H and O–H groups in total. The van der Waals surface area contributed by atoms with Crippen molar-refractivity contribution in [3.63, 3.8) is 0 Å². The lowest BCUT2D eigenvalue weighted by Crippen LogP contribution is -2.26. The first-order chi connectivity index (χ1) is 8.02. The molecule has 94 valence electrons. The van der Waals surface area contributed by atoms with Crippen molar-refractivity contribution in [2.45, 2.75) is 30.5 Å². The number of benzene rings is 1. The summed E-state index contributed by atoms with van der Waals surface area (Å²) < 4.78 is 34.8. The number of unbranched alkanes of at least 4 members (excludes halogenated alkanes) is 1. The molecule has 0 spiro atoms. The van der Waals surface area contributed by atoms with Crippen LogP contribution in [0.3, 0.4) is 0 Å². The number of rotatable bonds is 4. The smallest absolute Gasteiger partial charge is 0.395 e. The van der Waals surface area contributed by atoms with Crippen LogP contribution >= 0.6 is 12.6 Å². The Kier molecular flexibility index (Phi) is 3.44. The predicted octanol–water partition coefficient (Wildman–Crippen LogP) is 2.58. The number of nitrogens with two attached hydrogens (primary N) is 1. The maximum absolute atomic E-state index is 12.9. The molecule has 0 amide bonds. The number of halogens is 2. The molecule has 0 fully saturated rings. The lowest BCUT2D eigenvalue weighted by molar-refractivity contribution is -0.287. The van der Waals surface area contributed by atoms with Crippen molar-refractivity contribution < 1.29 is 18.3 Å². The maximum Gasteiger partial charge on any atom is 0.586 e. The highest BCUT2D eigenvalue weighted by atomic mass is 32.1. The molecule has 0 atom stereocenters. The predicted molar refractivity (Wildman–Crippen MR) is 61.9 cm³/mol. The van der Waals surface area contributed by atoms with Gasteiger partial charge in [-0.15, -0.1) is 21.4 Å². The zero-order valence-corrected chi connectivity index (χ0v) is 9.97. The van der Waals surface area contributed by atoms with Crippen LogP contribution in [0.5, 0.6) is 11.5 Å². The zero-order valence-electron chi connectivity index (χ0n) is 9.08. The van der Waals surface area contributed by atoms with Gasteiger partial charge in [0.1, 0.15) is 0 Å². The number of aryl methyl sites for hydroxylation is 1. The summed E-state index contributed by atoms with van der Waals surface area (Å²) in [7, 11) is 0. The number of fused-ring (bicyclic) bond motifs is 1. The van der Waals surface area contributed by atoms with Crippen LogP contribution in [-0.4, -0.2) is 12.8 Å². The van der Waals surface area contributed by atoms with E-state index in [0.717, 1.165) is 12.8 Å². The van der Waals surface area contributed by atoms with Crippen LogP contribution in [-0.2, 0) is 6.42 Å². The molecule has 2 rings (SSSR count). The molecule has 1 aliphatic rings. The first-order valence-electron chi connectivity index (χ1n) is 5.33. The van der Waals surface area contributed by atoms with Gasteiger partial charge in [-0.05, 0) is 43.5 Å². The second-order valence-electron chi connectivity index (χ2n) is 3.85. The Morgan fingerprint density at radius 3 is 2.71 bits per heavy atom. The average Bonchev–Trinajstić information content (AvgIpc) is 2.52. The molecule has 0 saturated carbocycles. The van der Waals surface area contributed by atoms with Crippen LogP contribution < -0.4 is 15.2 Å². The lowest BCUT2D eigenvalue weighted by atomic mass is 10.1. The maximum atomic E-state index is 12.9. The van der Waals surface area contributed by atoms with Crippen molar-refractivity contribution in [1.29, 1.82) is 0 Å². The normalized spacial score (nSPS) is 16.2. The van der Waals surface area contributed by atoms with Gasteiger partial charge in [0.15, 0.2) is 11.5 Å². The van der Waals surface area contributed by atoms with Gasteiger partial charge in [0.05, 0.1) is 0 Å². The molecule has 6 heteroatoms. The van der Waals surface area contributed by atoms with Gasteiger partial charge in [0, 0.05) is 4.90 Å². The minimum absolute atomic E-state index is 0.0465. The van der Waals surface area contributed by atoms with Crippen molar-refractivity contribution in [2.75, 3.05) is 6.54 Å². The van der Waals surface area contributed by atoms with Crippen molar-refractivity contribution in [3.05, 3.63) is 17.7 Å². The second kappa shape index (κ2) is 4.70. The minimum Gasteiger partial charge on any atom is -0.395 e. The summed E-state index contributed by atoms with van der Waals surface area (Å²) in [5, 5.41) is 0. The molecule has 17 heavy (non-hydrogen) atoms. The molecule has 1 aromatic rings. The quantitative estimate of drug-likeness (QED) is 0.646. The van der Waals surface area contributed by atoms with E-state index >= 15 is 0 Å². The number of hydrogen-bond acceptors (Lipinski definition) is 4. The van der Waals surface area contributed by atoms with E-state index in [2.05, 4.69) is 22.1 Å². The van der Waals surface area contributed by atoms with E-state index in [1.54, 1.807) is 6.07 Å². The number of thiol groups is 1. The van der Waals surface area contributed by atoms with E-state index in [9.17, 15) is 8.78 Å². The highest BCUT2D eigenvalue weighted by Gasteiger charge is 2.44. The molecular formula is C11H13F2NO2S. The summed E-state index contributed by atoms with van der Waals surface area (Å²) in [5.41, 5.74) is 6.07. The van der Waals surface area contributed by atoms with E-state index in [1.165, 1.54) is 6.07 Å². The highest BCUT2D eigenvalue weighted by Crippen LogP contribution is 2.45. The molecule has 0 saturated heterocycles. The van der Waals surface area contributed by atoms with Gasteiger partial charge in [-0.3, -0.25) is 0 Å². The molecule has 1 aliphatic heterocycles. The molecular weight excluding hydrogens is 248 g/mol. The Bertz CT molecular complexity index is 426. The number of ether oxygens (including phenoxy) is 2. The third kappa shape index (κ3) is 2.81. The summed E-state index contributed by atoms with van der Waals surface area (Å²) in [6, 6.07) is 3.13. The van der Waals surface area contributed by atoms with Gasteiger partial charge in [-0.1, -0.05) is 0 Å². The number of alkyl halides is 2.